The van der Waals surface area contributed by atoms with E-state index in [9.17, 15) is 0 Å². The second-order valence-electron chi connectivity index (χ2n) is 3.67. The molecule has 1 aliphatic rings. The van der Waals surface area contributed by atoms with Crippen LogP contribution >= 0.6 is 0 Å². The molecule has 2 rings (SSSR count). The molecule has 0 saturated carbocycles. The van der Waals surface area contributed by atoms with Crippen LogP contribution in [0.4, 0.5) is 5.69 Å². The van der Waals surface area contributed by atoms with E-state index in [1.54, 1.807) is 6.20 Å². The van der Waals surface area contributed by atoms with Gasteiger partial charge in [0.05, 0.1) is 11.9 Å². The van der Waals surface area contributed by atoms with Crippen molar-refractivity contribution in [2.24, 2.45) is 5.73 Å². The molecule has 1 atom stereocenters. The third-order valence-electron chi connectivity index (χ3n) is 2.60. The van der Waals surface area contributed by atoms with Gasteiger partial charge in [-0.1, -0.05) is 0 Å². The Kier molecular flexibility index (Phi) is 1.38. The number of nitrogens with zero attached hydrogens (tertiary/aromatic N) is 1. The Hall–Kier alpha value is -1.09. The largest absolute Gasteiger partial charge is 0.397 e. The topological polar surface area (TPSA) is 64.9 Å². The number of fused-ring (bicyclic) bond motifs is 1. The minimum atomic E-state index is -0.224. The molecular formula is C9H13N3. The molecule has 0 unspecified atom stereocenters. The quantitative estimate of drug-likeness (QED) is 0.594. The van der Waals surface area contributed by atoms with Gasteiger partial charge >= 0.3 is 0 Å². The van der Waals surface area contributed by atoms with Gasteiger partial charge in [-0.15, -0.1) is 0 Å². The molecule has 0 radical (unpaired) electrons. The van der Waals surface area contributed by atoms with Gasteiger partial charge < -0.3 is 11.5 Å². The molecule has 0 fully saturated rings. The average Bonchev–Trinajstić information content (AvgIpc) is 2.30. The highest BCUT2D eigenvalue weighted by atomic mass is 14.8. The van der Waals surface area contributed by atoms with Crippen LogP contribution in [-0.4, -0.2) is 4.98 Å². The summed E-state index contributed by atoms with van der Waals surface area (Å²) in [6, 6.07) is 0. The monoisotopic (exact) mass is 163 g/mol. The van der Waals surface area contributed by atoms with Crippen LogP contribution in [0.1, 0.15) is 24.5 Å². The van der Waals surface area contributed by atoms with Crippen LogP contribution in [0.15, 0.2) is 12.4 Å². The van der Waals surface area contributed by atoms with E-state index < -0.39 is 0 Å². The number of rotatable bonds is 0. The summed E-state index contributed by atoms with van der Waals surface area (Å²) >= 11 is 0. The lowest BCUT2D eigenvalue weighted by Crippen LogP contribution is -2.29. The Morgan fingerprint density at radius 3 is 2.92 bits per heavy atom. The second kappa shape index (κ2) is 2.20. The van der Waals surface area contributed by atoms with E-state index in [2.05, 4.69) is 4.98 Å². The van der Waals surface area contributed by atoms with Crippen molar-refractivity contribution in [1.82, 2.24) is 4.98 Å². The maximum atomic E-state index is 6.06. The van der Waals surface area contributed by atoms with Crippen molar-refractivity contribution < 1.29 is 0 Å². The van der Waals surface area contributed by atoms with E-state index in [-0.39, 0.29) is 5.54 Å². The lowest BCUT2D eigenvalue weighted by atomic mass is 9.97. The minimum absolute atomic E-state index is 0.224. The fraction of sp³-hybridized carbons (Fsp3) is 0.444. The fourth-order valence-electron chi connectivity index (χ4n) is 1.79. The molecule has 0 bridgehead atoms. The number of hydrogen-bond donors (Lipinski definition) is 2. The van der Waals surface area contributed by atoms with Gasteiger partial charge in [-0.2, -0.15) is 0 Å². The van der Waals surface area contributed by atoms with Crippen LogP contribution < -0.4 is 11.5 Å². The molecule has 0 aromatic carbocycles. The first-order valence-electron chi connectivity index (χ1n) is 4.13. The highest BCUT2D eigenvalue weighted by Crippen LogP contribution is 2.36. The minimum Gasteiger partial charge on any atom is -0.397 e. The number of aromatic nitrogens is 1. The molecule has 64 valence electrons. The third-order valence-corrected chi connectivity index (χ3v) is 2.60. The zero-order valence-electron chi connectivity index (χ0n) is 7.17. The first-order chi connectivity index (χ1) is 5.61. The van der Waals surface area contributed by atoms with E-state index in [1.807, 2.05) is 13.1 Å². The van der Waals surface area contributed by atoms with E-state index in [4.69, 9.17) is 11.5 Å². The molecule has 3 heteroatoms. The molecule has 1 aromatic rings. The lowest BCUT2D eigenvalue weighted by molar-refractivity contribution is 0.491. The Morgan fingerprint density at radius 1 is 1.50 bits per heavy atom. The number of nitrogens with two attached hydrogens (primary N) is 2. The lowest BCUT2D eigenvalue weighted by Gasteiger charge is -2.18. The number of nitrogen functional groups attached to an aromatic ring is 1. The molecule has 0 spiro atoms. The molecule has 12 heavy (non-hydrogen) atoms. The summed E-state index contributed by atoms with van der Waals surface area (Å²) in [5.74, 6) is 0. The van der Waals surface area contributed by atoms with Crippen molar-refractivity contribution >= 4 is 5.69 Å². The third kappa shape index (κ3) is 0.898. The Bertz CT molecular complexity index is 318. The molecule has 0 aliphatic heterocycles. The van der Waals surface area contributed by atoms with E-state index in [0.29, 0.717) is 0 Å². The normalized spacial score (nSPS) is 27.2. The van der Waals surface area contributed by atoms with Gasteiger partial charge in [-0.05, 0) is 30.9 Å². The summed E-state index contributed by atoms with van der Waals surface area (Å²) in [6.07, 6.45) is 5.48. The summed E-state index contributed by atoms with van der Waals surface area (Å²) < 4.78 is 0. The van der Waals surface area contributed by atoms with Crippen LogP contribution in [0, 0.1) is 0 Å². The van der Waals surface area contributed by atoms with Crippen LogP contribution in [0.5, 0.6) is 0 Å². The summed E-state index contributed by atoms with van der Waals surface area (Å²) in [5, 5.41) is 0. The molecule has 1 aliphatic carbocycles. The SMILES string of the molecule is C[C@]1(N)CCc2c(N)cncc21. The zero-order valence-corrected chi connectivity index (χ0v) is 7.17. The Labute approximate surface area is 71.8 Å². The number of anilines is 1. The molecule has 1 heterocycles. The summed E-state index contributed by atoms with van der Waals surface area (Å²) in [5.41, 5.74) is 14.7. The van der Waals surface area contributed by atoms with E-state index >= 15 is 0 Å². The first-order valence-corrected chi connectivity index (χ1v) is 4.13. The Morgan fingerprint density at radius 2 is 2.25 bits per heavy atom. The smallest absolute Gasteiger partial charge is 0.0536 e. The molecule has 3 nitrogen and oxygen atoms in total. The van der Waals surface area contributed by atoms with Gasteiger partial charge in [-0.25, -0.2) is 0 Å². The van der Waals surface area contributed by atoms with Crippen LogP contribution in [-0.2, 0) is 12.0 Å². The maximum absolute atomic E-state index is 6.06. The van der Waals surface area contributed by atoms with Crippen LogP contribution in [0.25, 0.3) is 0 Å². The molecule has 1 aromatic heterocycles. The number of pyridine rings is 1. The Balaban J connectivity index is 2.61. The zero-order chi connectivity index (χ0) is 8.77. The van der Waals surface area contributed by atoms with Gasteiger partial charge in [-0.3, -0.25) is 4.98 Å². The van der Waals surface area contributed by atoms with Crippen molar-refractivity contribution in [3.05, 3.63) is 23.5 Å². The van der Waals surface area contributed by atoms with Gasteiger partial charge in [0.25, 0.3) is 0 Å². The fourth-order valence-corrected chi connectivity index (χ4v) is 1.79. The van der Waals surface area contributed by atoms with Gasteiger partial charge in [0.1, 0.15) is 0 Å². The number of hydrogen-bond acceptors (Lipinski definition) is 3. The molecular weight excluding hydrogens is 150 g/mol. The summed E-state index contributed by atoms with van der Waals surface area (Å²) in [7, 11) is 0. The summed E-state index contributed by atoms with van der Waals surface area (Å²) in [4.78, 5) is 4.05. The predicted molar refractivity (Wildman–Crippen MR) is 48.5 cm³/mol. The first kappa shape index (κ1) is 7.55. The average molecular weight is 163 g/mol. The van der Waals surface area contributed by atoms with Crippen LogP contribution in [0.2, 0.25) is 0 Å². The molecule has 0 amide bonds. The molecule has 4 N–H and O–H groups in total. The van der Waals surface area contributed by atoms with Gasteiger partial charge in [0, 0.05) is 11.7 Å². The maximum Gasteiger partial charge on any atom is 0.0536 e. The predicted octanol–water partition coefficient (Wildman–Crippen LogP) is 0.784. The standard InChI is InChI=1S/C9H13N3/c1-9(11)3-2-6-7(9)4-12-5-8(6)10/h4-5H,2-3,10-11H2,1H3/t9-/m0/s1. The van der Waals surface area contributed by atoms with Crippen molar-refractivity contribution in [2.45, 2.75) is 25.3 Å². The summed E-state index contributed by atoms with van der Waals surface area (Å²) in [6.45, 7) is 2.03. The van der Waals surface area contributed by atoms with Crippen molar-refractivity contribution in [3.8, 4) is 0 Å². The highest BCUT2D eigenvalue weighted by Gasteiger charge is 2.31. The second-order valence-corrected chi connectivity index (χ2v) is 3.67. The van der Waals surface area contributed by atoms with Crippen LogP contribution in [0.3, 0.4) is 0 Å². The van der Waals surface area contributed by atoms with Gasteiger partial charge in [0.15, 0.2) is 0 Å². The molecule has 0 saturated heterocycles. The van der Waals surface area contributed by atoms with E-state index in [0.717, 1.165) is 24.1 Å². The van der Waals surface area contributed by atoms with Crippen molar-refractivity contribution in [1.29, 1.82) is 0 Å². The van der Waals surface area contributed by atoms with Gasteiger partial charge in [0.2, 0.25) is 0 Å². The van der Waals surface area contributed by atoms with Crippen molar-refractivity contribution in [3.63, 3.8) is 0 Å². The van der Waals surface area contributed by atoms with E-state index in [1.165, 1.54) is 5.56 Å². The van der Waals surface area contributed by atoms with Crippen molar-refractivity contribution in [2.75, 3.05) is 5.73 Å². The highest BCUT2D eigenvalue weighted by molar-refractivity contribution is 5.53.